The monoisotopic (exact) mass is 549 g/mol. The van der Waals surface area contributed by atoms with Gasteiger partial charge in [0, 0.05) is 63.7 Å². The third-order valence-corrected chi connectivity index (χ3v) is 5.05. The minimum Gasteiger partial charge on any atom is -0.387 e. The number of methoxy groups -OCH3 is 1. The first kappa shape index (κ1) is 37.4. The lowest BCUT2D eigenvalue weighted by Gasteiger charge is -2.19. The molecule has 0 radical (unpaired) electrons. The van der Waals surface area contributed by atoms with Crippen molar-refractivity contribution in [1.29, 1.82) is 0 Å². The van der Waals surface area contributed by atoms with E-state index in [4.69, 9.17) is 4.74 Å². The number of hydrogen-bond donors (Lipinski definition) is 3. The summed E-state index contributed by atoms with van der Waals surface area (Å²) >= 11 is 4.64. The number of benzene rings is 1. The van der Waals surface area contributed by atoms with Crippen LogP contribution in [0.4, 0.5) is 0 Å². The van der Waals surface area contributed by atoms with E-state index in [0.29, 0.717) is 25.3 Å². The summed E-state index contributed by atoms with van der Waals surface area (Å²) in [6.45, 7) is 7.38. The van der Waals surface area contributed by atoms with E-state index in [9.17, 15) is 9.90 Å². The van der Waals surface area contributed by atoms with Crippen LogP contribution in [0.15, 0.2) is 66.0 Å². The Labute approximate surface area is 235 Å². The number of aliphatic hydroxyl groups is 1. The highest BCUT2D eigenvalue weighted by Gasteiger charge is 2.14. The van der Waals surface area contributed by atoms with E-state index in [0.717, 1.165) is 23.3 Å². The summed E-state index contributed by atoms with van der Waals surface area (Å²) in [5, 5.41) is 17.8. The topological polar surface area (TPSA) is 99.1 Å². The highest BCUT2D eigenvalue weighted by molar-refractivity contribution is 6.15. The number of ether oxygens (including phenoxy) is 1. The number of halogens is 1. The average Bonchev–Trinajstić information content (AvgIpc) is 2.94. The lowest BCUT2D eigenvalue weighted by Crippen LogP contribution is -2.32. The summed E-state index contributed by atoms with van der Waals surface area (Å²) in [5.41, 5.74) is 6.03. The number of hydrazone groups is 1. The van der Waals surface area contributed by atoms with Gasteiger partial charge in [-0.15, -0.1) is 11.6 Å². The molecular weight excluding hydrogens is 502 g/mol. The van der Waals surface area contributed by atoms with Gasteiger partial charge in [-0.3, -0.25) is 9.78 Å². The van der Waals surface area contributed by atoms with E-state index in [1.54, 1.807) is 38.5 Å². The molecule has 0 aliphatic heterocycles. The highest BCUT2D eigenvalue weighted by atomic mass is 35.5. The number of hydrogen-bond acceptors (Lipinski definition) is 7. The molecule has 0 aliphatic rings. The number of aliphatic hydroxyl groups excluding tert-OH is 1. The van der Waals surface area contributed by atoms with Crippen molar-refractivity contribution in [2.24, 2.45) is 5.10 Å². The Kier molecular flexibility index (Phi) is 23.0. The molecule has 9 heteroatoms. The van der Waals surface area contributed by atoms with Gasteiger partial charge in [0.1, 0.15) is 0 Å². The van der Waals surface area contributed by atoms with Gasteiger partial charge < -0.3 is 25.5 Å². The van der Waals surface area contributed by atoms with Crippen molar-refractivity contribution in [3.63, 3.8) is 0 Å². The second-order valence-corrected chi connectivity index (χ2v) is 7.86. The highest BCUT2D eigenvalue weighted by Crippen LogP contribution is 2.12. The van der Waals surface area contributed by atoms with Gasteiger partial charge in [0.05, 0.1) is 25.0 Å². The van der Waals surface area contributed by atoms with E-state index in [2.05, 4.69) is 39.4 Å². The van der Waals surface area contributed by atoms with Crippen LogP contribution in [0.25, 0.3) is 0 Å². The summed E-state index contributed by atoms with van der Waals surface area (Å²) in [4.78, 5) is 18.5. The fourth-order valence-electron chi connectivity index (χ4n) is 3.30. The number of rotatable bonds is 13. The van der Waals surface area contributed by atoms with E-state index in [-0.39, 0.29) is 19.4 Å². The first-order chi connectivity index (χ1) is 17.9. The molecule has 1 aromatic heterocycles. The molecule has 38 heavy (non-hydrogen) atoms. The number of amides is 1. The minimum atomic E-state index is -0.600. The fraction of sp³-hybridized carbons (Fsp3) is 0.483. The molecule has 3 N–H and O–H groups in total. The fourth-order valence-corrected chi connectivity index (χ4v) is 3.30. The smallest absolute Gasteiger partial charge is 0.253 e. The number of nitrogens with one attached hydrogen (secondary N) is 2. The Morgan fingerprint density at radius 1 is 1.24 bits per heavy atom. The van der Waals surface area contributed by atoms with Crippen LogP contribution in [-0.4, -0.2) is 79.9 Å². The van der Waals surface area contributed by atoms with Crippen LogP contribution in [0.5, 0.6) is 0 Å². The molecule has 1 aromatic carbocycles. The second kappa shape index (κ2) is 23.3. The third-order valence-electron chi connectivity index (χ3n) is 5.05. The first-order valence-electron chi connectivity index (χ1n) is 12.4. The summed E-state index contributed by atoms with van der Waals surface area (Å²) in [6, 6.07) is 11.5. The zero-order valence-corrected chi connectivity index (χ0v) is 24.0. The molecule has 2 rings (SSSR count). The van der Waals surface area contributed by atoms with Crippen LogP contribution in [0.1, 0.15) is 55.8 Å². The van der Waals surface area contributed by atoms with E-state index < -0.39 is 6.10 Å². The van der Waals surface area contributed by atoms with Crippen molar-refractivity contribution in [3.05, 3.63) is 77.6 Å². The normalized spacial score (nSPS) is 12.2. The average molecular weight is 550 g/mol. The summed E-state index contributed by atoms with van der Waals surface area (Å²) in [7, 11) is 5.10. The van der Waals surface area contributed by atoms with E-state index >= 15 is 0 Å². The molecule has 214 valence electrons. The Bertz CT molecular complexity index is 908. The molecule has 0 aliphatic carbocycles. The summed E-state index contributed by atoms with van der Waals surface area (Å²) in [5.74, 6) is -0.0729. The predicted octanol–water partition coefficient (Wildman–Crippen LogP) is 4.70. The van der Waals surface area contributed by atoms with Crippen molar-refractivity contribution in [1.82, 2.24) is 20.6 Å². The maximum Gasteiger partial charge on any atom is 0.253 e. The van der Waals surface area contributed by atoms with Crippen molar-refractivity contribution >= 4 is 23.2 Å². The number of aromatic nitrogens is 1. The molecule has 1 amide bonds. The van der Waals surface area contributed by atoms with Crippen molar-refractivity contribution in [2.75, 3.05) is 47.3 Å². The van der Waals surface area contributed by atoms with Crippen LogP contribution >= 0.6 is 11.6 Å². The number of pyridine rings is 1. The van der Waals surface area contributed by atoms with Gasteiger partial charge in [0.2, 0.25) is 0 Å². The van der Waals surface area contributed by atoms with Crippen LogP contribution in [-0.2, 0) is 11.2 Å². The molecule has 2 aromatic rings. The number of nitrogens with zero attached hydrogens (tertiary/aromatic N) is 3. The standard InChI is InChI=1S/C25H35N5O3.C2H6.CH3Cl.CH4/c1-19(28-17-24(31)22-7-5-13-27-16-22)15-20-9-11-21(12-10-20)25(32)30(3)18-23(29-26-2)8-6-14-33-4;2*1-2;/h5-13,16,19,24,26,28,31H,14-15,17-18H2,1-4H3;1-2H3;1H3;1H4/b8-6+,29-23+;;;/t19-,24-;;;/m0.../s1. The lowest BCUT2D eigenvalue weighted by atomic mass is 10.0. The van der Waals surface area contributed by atoms with Crippen LogP contribution < -0.4 is 10.7 Å². The summed E-state index contributed by atoms with van der Waals surface area (Å²) < 4.78 is 5.02. The first-order valence-corrected chi connectivity index (χ1v) is 13.1. The molecule has 2 atom stereocenters. The second-order valence-electron chi connectivity index (χ2n) is 7.86. The van der Waals surface area contributed by atoms with Gasteiger partial charge in [0.25, 0.3) is 5.91 Å². The quantitative estimate of drug-likeness (QED) is 0.190. The van der Waals surface area contributed by atoms with Crippen LogP contribution in [0.3, 0.4) is 0 Å². The molecule has 0 saturated carbocycles. The van der Waals surface area contributed by atoms with Gasteiger partial charge in [-0.2, -0.15) is 5.10 Å². The van der Waals surface area contributed by atoms with Crippen molar-refractivity contribution in [2.45, 2.75) is 46.8 Å². The molecule has 0 bridgehead atoms. The largest absolute Gasteiger partial charge is 0.387 e. The van der Waals surface area contributed by atoms with E-state index in [1.807, 2.05) is 62.4 Å². The Hall–Kier alpha value is -2.78. The molecule has 0 saturated heterocycles. The van der Waals surface area contributed by atoms with Gasteiger partial charge in [-0.05, 0) is 43.2 Å². The van der Waals surface area contributed by atoms with Gasteiger partial charge in [0.15, 0.2) is 0 Å². The Balaban J connectivity index is 0. The lowest BCUT2D eigenvalue weighted by molar-refractivity contribution is 0.0815. The zero-order valence-electron chi connectivity index (χ0n) is 23.2. The van der Waals surface area contributed by atoms with Crippen LogP contribution in [0, 0.1) is 0 Å². The predicted molar refractivity (Wildman–Crippen MR) is 161 cm³/mol. The van der Waals surface area contributed by atoms with E-state index in [1.165, 1.54) is 6.38 Å². The van der Waals surface area contributed by atoms with Crippen molar-refractivity contribution < 1.29 is 14.6 Å². The molecule has 0 fully saturated rings. The van der Waals surface area contributed by atoms with Crippen LogP contribution in [0.2, 0.25) is 0 Å². The molecule has 8 nitrogen and oxygen atoms in total. The maximum absolute atomic E-state index is 12.8. The number of carbonyl (C=O) groups excluding carboxylic acids is 1. The Morgan fingerprint density at radius 3 is 2.45 bits per heavy atom. The molecule has 0 spiro atoms. The number of carbonyl (C=O) groups is 1. The Morgan fingerprint density at radius 2 is 1.89 bits per heavy atom. The minimum absolute atomic E-state index is 0. The number of alkyl halides is 1. The van der Waals surface area contributed by atoms with Crippen molar-refractivity contribution in [3.8, 4) is 0 Å². The van der Waals surface area contributed by atoms with Gasteiger partial charge in [-0.1, -0.05) is 45.5 Å². The molecule has 1 heterocycles. The maximum atomic E-state index is 12.8. The van der Waals surface area contributed by atoms with Gasteiger partial charge in [-0.25, -0.2) is 0 Å². The zero-order chi connectivity index (χ0) is 28.1. The third kappa shape index (κ3) is 14.8. The molecular formula is C29H48ClN5O3. The summed E-state index contributed by atoms with van der Waals surface area (Å²) in [6.07, 6.45) is 8.71. The molecule has 0 unspecified atom stereocenters. The van der Waals surface area contributed by atoms with Gasteiger partial charge >= 0.3 is 0 Å². The SMILES string of the molecule is C.CC.CCl.CN/N=C(\C=C\COC)CN(C)C(=O)c1ccc(C[C@H](C)NC[C@H](O)c2cccnc2)cc1.